The van der Waals surface area contributed by atoms with Gasteiger partial charge in [0.05, 0.1) is 16.7 Å². The van der Waals surface area contributed by atoms with E-state index in [1.54, 1.807) is 11.3 Å². The maximum Gasteiger partial charge on any atom is 0.231 e. The van der Waals surface area contributed by atoms with Crippen molar-refractivity contribution in [1.29, 1.82) is 5.26 Å². The summed E-state index contributed by atoms with van der Waals surface area (Å²) in [4.78, 5) is 13.7. The van der Waals surface area contributed by atoms with E-state index in [4.69, 9.17) is 0 Å². The minimum absolute atomic E-state index is 0.0912. The van der Waals surface area contributed by atoms with Crippen LogP contribution < -0.4 is 5.32 Å². The predicted octanol–water partition coefficient (Wildman–Crippen LogP) is 4.17. The molecule has 142 valence electrons. The van der Waals surface area contributed by atoms with Gasteiger partial charge in [0.15, 0.2) is 11.0 Å². The van der Waals surface area contributed by atoms with Crippen molar-refractivity contribution in [2.24, 2.45) is 0 Å². The molecule has 1 N–H and O–H groups in total. The topological polar surface area (TPSA) is 83.6 Å². The van der Waals surface area contributed by atoms with Crippen molar-refractivity contribution in [2.45, 2.75) is 68.1 Å². The van der Waals surface area contributed by atoms with E-state index in [1.165, 1.54) is 11.8 Å². The van der Waals surface area contributed by atoms with Gasteiger partial charge in [-0.1, -0.05) is 43.5 Å². The summed E-state index contributed by atoms with van der Waals surface area (Å²) in [6.45, 7) is 0. The summed E-state index contributed by atoms with van der Waals surface area (Å²) in [5.41, 5.74) is -0.694. The third-order valence-corrected chi connectivity index (χ3v) is 7.01. The average Bonchev–Trinajstić information content (AvgIpc) is 3.27. The minimum Gasteiger partial charge on any atom is -0.337 e. The van der Waals surface area contributed by atoms with Gasteiger partial charge < -0.3 is 5.32 Å². The first-order valence-electron chi connectivity index (χ1n) is 9.55. The number of aromatic nitrogens is 3. The van der Waals surface area contributed by atoms with Crippen molar-refractivity contribution >= 4 is 29.0 Å². The summed E-state index contributed by atoms with van der Waals surface area (Å²) < 4.78 is 2.18. The quantitative estimate of drug-likeness (QED) is 0.580. The van der Waals surface area contributed by atoms with E-state index < -0.39 is 5.54 Å². The first-order valence-corrected chi connectivity index (χ1v) is 11.4. The highest BCUT2D eigenvalue weighted by atomic mass is 32.2. The molecule has 2 heterocycles. The van der Waals surface area contributed by atoms with Gasteiger partial charge in [-0.05, 0) is 37.1 Å². The van der Waals surface area contributed by atoms with Crippen LogP contribution in [0.25, 0.3) is 10.7 Å². The van der Waals surface area contributed by atoms with Gasteiger partial charge in [-0.2, -0.15) is 5.26 Å². The van der Waals surface area contributed by atoms with E-state index in [-0.39, 0.29) is 11.7 Å². The Morgan fingerprint density at radius 1 is 1.33 bits per heavy atom. The molecule has 1 amide bonds. The molecule has 0 aliphatic heterocycles. The number of amides is 1. The van der Waals surface area contributed by atoms with Gasteiger partial charge in [-0.15, -0.1) is 21.5 Å². The maximum absolute atomic E-state index is 12.6. The van der Waals surface area contributed by atoms with Crippen LogP contribution in [0.3, 0.4) is 0 Å². The van der Waals surface area contributed by atoms with Crippen LogP contribution in [0.2, 0.25) is 0 Å². The van der Waals surface area contributed by atoms with Gasteiger partial charge in [0.25, 0.3) is 0 Å². The molecule has 0 unspecified atom stereocenters. The van der Waals surface area contributed by atoms with E-state index >= 15 is 0 Å². The molecule has 4 rings (SSSR count). The fraction of sp³-hybridized carbons (Fsp3) is 0.579. The van der Waals surface area contributed by atoms with Gasteiger partial charge >= 0.3 is 0 Å². The first-order chi connectivity index (χ1) is 13.2. The smallest absolute Gasteiger partial charge is 0.231 e. The molecule has 2 aromatic heterocycles. The van der Waals surface area contributed by atoms with E-state index in [0.717, 1.165) is 67.2 Å². The zero-order valence-electron chi connectivity index (χ0n) is 15.2. The highest BCUT2D eigenvalue weighted by molar-refractivity contribution is 7.99. The molecule has 2 fully saturated rings. The SMILES string of the molecule is N#CC1(NC(=O)CSc2nnc(-c3cccs3)n2C2CC2)CCCCCC1. The second-order valence-corrected chi connectivity index (χ2v) is 9.22. The normalized spacial score (nSPS) is 19.2. The molecule has 0 saturated heterocycles. The number of carbonyl (C=O) groups is 1. The number of nitrogens with zero attached hydrogens (tertiary/aromatic N) is 4. The molecule has 0 aromatic carbocycles. The molecule has 0 spiro atoms. The van der Waals surface area contributed by atoms with Crippen LogP contribution in [0.4, 0.5) is 0 Å². The standard InChI is InChI=1S/C19H23N5OS2/c20-13-19(9-3-1-2-4-10-19)21-16(25)12-27-18-23-22-17(15-6-5-11-26-15)24(18)14-7-8-14/h5-6,11,14H,1-4,7-10,12H2,(H,21,25). The zero-order valence-corrected chi connectivity index (χ0v) is 16.8. The second-order valence-electron chi connectivity index (χ2n) is 7.33. The average molecular weight is 402 g/mol. The van der Waals surface area contributed by atoms with Crippen LogP contribution in [-0.2, 0) is 4.79 Å². The van der Waals surface area contributed by atoms with Crippen molar-refractivity contribution < 1.29 is 4.79 Å². The summed E-state index contributed by atoms with van der Waals surface area (Å²) in [7, 11) is 0. The number of nitrogens with one attached hydrogen (secondary N) is 1. The Balaban J connectivity index is 1.43. The molecule has 2 saturated carbocycles. The molecule has 2 aromatic rings. The number of hydrogen-bond acceptors (Lipinski definition) is 6. The summed E-state index contributed by atoms with van der Waals surface area (Å²) in [5.74, 6) is 1.07. The predicted molar refractivity (Wildman–Crippen MR) is 107 cm³/mol. The van der Waals surface area contributed by atoms with Gasteiger partial charge in [-0.25, -0.2) is 0 Å². The number of thioether (sulfide) groups is 1. The van der Waals surface area contributed by atoms with Crippen LogP contribution >= 0.6 is 23.1 Å². The van der Waals surface area contributed by atoms with E-state index in [2.05, 4.69) is 32.2 Å². The van der Waals surface area contributed by atoms with Crippen LogP contribution in [0, 0.1) is 11.3 Å². The van der Waals surface area contributed by atoms with E-state index in [0.29, 0.717) is 6.04 Å². The largest absolute Gasteiger partial charge is 0.337 e. The number of rotatable bonds is 6. The number of nitriles is 1. The molecule has 27 heavy (non-hydrogen) atoms. The number of hydrogen-bond donors (Lipinski definition) is 1. The molecular weight excluding hydrogens is 378 g/mol. The summed E-state index contributed by atoms with van der Waals surface area (Å²) in [6, 6.07) is 6.88. The Morgan fingerprint density at radius 2 is 2.11 bits per heavy atom. The lowest BCUT2D eigenvalue weighted by molar-refractivity contribution is -0.120. The Labute approximate surface area is 167 Å². The summed E-state index contributed by atoms with van der Waals surface area (Å²) in [5, 5.41) is 24.2. The van der Waals surface area contributed by atoms with Crippen molar-refractivity contribution in [3.8, 4) is 16.8 Å². The fourth-order valence-corrected chi connectivity index (χ4v) is 5.15. The van der Waals surface area contributed by atoms with Crippen LogP contribution in [-0.4, -0.2) is 32.0 Å². The lowest BCUT2D eigenvalue weighted by Crippen LogP contribution is -2.47. The van der Waals surface area contributed by atoms with E-state index in [9.17, 15) is 10.1 Å². The first kappa shape index (κ1) is 18.5. The molecule has 8 heteroatoms. The highest BCUT2D eigenvalue weighted by Crippen LogP contribution is 2.41. The second kappa shape index (κ2) is 8.03. The van der Waals surface area contributed by atoms with Crippen molar-refractivity contribution in [3.05, 3.63) is 17.5 Å². The van der Waals surface area contributed by atoms with Crippen molar-refractivity contribution in [3.63, 3.8) is 0 Å². The Morgan fingerprint density at radius 3 is 2.74 bits per heavy atom. The maximum atomic E-state index is 12.6. The van der Waals surface area contributed by atoms with Crippen LogP contribution in [0.5, 0.6) is 0 Å². The Bertz CT molecular complexity index is 827. The van der Waals surface area contributed by atoms with Gasteiger partial charge in [0.2, 0.25) is 5.91 Å². The molecule has 0 atom stereocenters. The van der Waals surface area contributed by atoms with Gasteiger partial charge in [-0.3, -0.25) is 9.36 Å². The summed E-state index contributed by atoms with van der Waals surface area (Å²) >= 11 is 3.07. The Hall–Kier alpha value is -1.85. The monoisotopic (exact) mass is 401 g/mol. The molecule has 2 aliphatic carbocycles. The van der Waals surface area contributed by atoms with E-state index in [1.807, 2.05) is 11.4 Å². The van der Waals surface area contributed by atoms with Crippen LogP contribution in [0.1, 0.15) is 57.4 Å². The molecule has 0 radical (unpaired) electrons. The Kier molecular flexibility index (Phi) is 5.50. The van der Waals surface area contributed by atoms with Gasteiger partial charge in [0, 0.05) is 6.04 Å². The molecule has 0 bridgehead atoms. The fourth-order valence-electron chi connectivity index (χ4n) is 3.64. The zero-order chi connectivity index (χ0) is 18.7. The van der Waals surface area contributed by atoms with Gasteiger partial charge in [0.1, 0.15) is 5.54 Å². The molecule has 2 aliphatic rings. The number of thiophene rings is 1. The van der Waals surface area contributed by atoms with Crippen LogP contribution in [0.15, 0.2) is 22.7 Å². The van der Waals surface area contributed by atoms with Crippen molar-refractivity contribution in [1.82, 2.24) is 20.1 Å². The number of carbonyl (C=O) groups excluding carboxylic acids is 1. The third-order valence-electron chi connectivity index (χ3n) is 5.20. The highest BCUT2D eigenvalue weighted by Gasteiger charge is 2.33. The molecule has 6 nitrogen and oxygen atoms in total. The summed E-state index contributed by atoms with van der Waals surface area (Å²) in [6.07, 6.45) is 8.05. The minimum atomic E-state index is -0.694. The lowest BCUT2D eigenvalue weighted by atomic mass is 9.92. The third kappa shape index (κ3) is 4.19. The lowest BCUT2D eigenvalue weighted by Gasteiger charge is -2.26. The van der Waals surface area contributed by atoms with Crippen molar-refractivity contribution in [2.75, 3.05) is 5.75 Å². The molecular formula is C19H23N5OS2.